The maximum Gasteiger partial charge on any atom is 0.274 e. The number of nitrogens with one attached hydrogen (secondary N) is 2. The highest BCUT2D eigenvalue weighted by atomic mass is 35.5. The summed E-state index contributed by atoms with van der Waals surface area (Å²) in [5.41, 5.74) is 3.38. The van der Waals surface area contributed by atoms with Crippen LogP contribution in [-0.2, 0) is 12.3 Å². The molecule has 0 spiro atoms. The molecule has 0 atom stereocenters. The van der Waals surface area contributed by atoms with E-state index in [1.54, 1.807) is 52.0 Å². The van der Waals surface area contributed by atoms with Crippen molar-refractivity contribution in [2.24, 2.45) is 0 Å². The monoisotopic (exact) mass is 525 g/mol. The van der Waals surface area contributed by atoms with E-state index in [0.29, 0.717) is 40.8 Å². The molecule has 0 saturated heterocycles. The molecule has 0 saturated carbocycles. The number of thiophene rings is 1. The second-order valence-electron chi connectivity index (χ2n) is 7.59. The van der Waals surface area contributed by atoms with Gasteiger partial charge in [0.1, 0.15) is 0 Å². The van der Waals surface area contributed by atoms with Crippen molar-refractivity contribution in [2.75, 3.05) is 12.8 Å². The van der Waals surface area contributed by atoms with Gasteiger partial charge in [-0.2, -0.15) is 11.8 Å². The van der Waals surface area contributed by atoms with E-state index in [-0.39, 0.29) is 11.8 Å². The van der Waals surface area contributed by atoms with Crippen LogP contribution in [0.2, 0.25) is 5.02 Å². The third-order valence-electron chi connectivity index (χ3n) is 5.18. The molecule has 0 aliphatic heterocycles. The highest BCUT2D eigenvalue weighted by molar-refractivity contribution is 7.97. The van der Waals surface area contributed by atoms with Crippen LogP contribution in [0.5, 0.6) is 0 Å². The molecule has 2 heterocycles. The first-order chi connectivity index (χ1) is 17.0. The lowest BCUT2D eigenvalue weighted by molar-refractivity contribution is 0.0941. The molecule has 2 amide bonds. The van der Waals surface area contributed by atoms with E-state index >= 15 is 0 Å². The average Bonchev–Trinajstić information content (AvgIpc) is 3.51. The molecule has 4 rings (SSSR count). The maximum atomic E-state index is 13.0. The van der Waals surface area contributed by atoms with Gasteiger partial charge < -0.3 is 10.6 Å². The molecule has 7 nitrogen and oxygen atoms in total. The zero-order chi connectivity index (χ0) is 24.8. The van der Waals surface area contributed by atoms with Crippen molar-refractivity contribution in [3.8, 4) is 16.1 Å². The number of benzene rings is 2. The molecule has 0 radical (unpaired) electrons. The number of aromatic nitrogens is 3. The number of rotatable bonds is 9. The molecular formula is C25H24ClN5O2S2. The van der Waals surface area contributed by atoms with Crippen LogP contribution < -0.4 is 10.6 Å². The molecule has 2 N–H and O–H groups in total. The molecule has 2 aromatic carbocycles. The summed E-state index contributed by atoms with van der Waals surface area (Å²) in [5, 5.41) is 14.8. The Bertz CT molecular complexity index is 1320. The Morgan fingerprint density at radius 3 is 2.43 bits per heavy atom. The first-order valence-electron chi connectivity index (χ1n) is 10.9. The lowest BCUT2D eigenvalue weighted by Crippen LogP contribution is -2.24. The Morgan fingerprint density at radius 2 is 1.74 bits per heavy atom. The van der Waals surface area contributed by atoms with Gasteiger partial charge >= 0.3 is 0 Å². The Labute approximate surface area is 216 Å². The molecule has 0 unspecified atom stereocenters. The Hall–Kier alpha value is -3.14. The minimum absolute atomic E-state index is 0.130. The zero-order valence-corrected chi connectivity index (χ0v) is 21.6. The van der Waals surface area contributed by atoms with Gasteiger partial charge in [0.05, 0.1) is 17.9 Å². The number of amides is 2. The number of hydrogen-bond acceptors (Lipinski definition) is 6. The topological polar surface area (TPSA) is 88.9 Å². The van der Waals surface area contributed by atoms with Gasteiger partial charge in [0, 0.05) is 32.6 Å². The summed E-state index contributed by atoms with van der Waals surface area (Å²) in [5.74, 6) is 0.156. The van der Waals surface area contributed by atoms with Gasteiger partial charge in [0.15, 0.2) is 5.69 Å². The molecule has 0 fully saturated rings. The van der Waals surface area contributed by atoms with Crippen molar-refractivity contribution in [3.63, 3.8) is 0 Å². The van der Waals surface area contributed by atoms with Crippen LogP contribution in [0.25, 0.3) is 16.1 Å². The number of carbonyl (C=O) groups excluding carboxylic acids is 2. The molecule has 180 valence electrons. The normalized spacial score (nSPS) is 10.8. The van der Waals surface area contributed by atoms with Crippen molar-refractivity contribution in [1.29, 1.82) is 0 Å². The minimum atomic E-state index is -0.277. The van der Waals surface area contributed by atoms with Crippen molar-refractivity contribution < 1.29 is 9.59 Å². The first kappa shape index (κ1) is 25.0. The van der Waals surface area contributed by atoms with Crippen molar-refractivity contribution in [1.82, 2.24) is 25.6 Å². The van der Waals surface area contributed by atoms with Crippen LogP contribution in [0.15, 0.2) is 60.7 Å². The summed E-state index contributed by atoms with van der Waals surface area (Å²) < 4.78 is 1.65. The van der Waals surface area contributed by atoms with Crippen LogP contribution in [0.3, 0.4) is 0 Å². The van der Waals surface area contributed by atoms with E-state index in [2.05, 4.69) is 20.9 Å². The van der Waals surface area contributed by atoms with Gasteiger partial charge in [-0.3, -0.25) is 9.59 Å². The van der Waals surface area contributed by atoms with Crippen LogP contribution in [0, 0.1) is 0 Å². The van der Waals surface area contributed by atoms with Crippen molar-refractivity contribution in [2.45, 2.75) is 19.2 Å². The summed E-state index contributed by atoms with van der Waals surface area (Å²) in [6, 6.07) is 18.8. The van der Waals surface area contributed by atoms with Crippen LogP contribution in [-0.4, -0.2) is 39.6 Å². The standard InChI is InChI=1S/C25H24ClN5O2S2/c1-3-27-24(32)17-6-10-19(11-7-17)31-21(15-34-2)23(29-30-31)25(33)28-14-20-12-13-22(35-20)16-4-8-18(26)9-5-16/h4-13H,3,14-15H2,1-2H3,(H,27,32)(H,28,33). The smallest absolute Gasteiger partial charge is 0.274 e. The van der Waals surface area contributed by atoms with E-state index < -0.39 is 0 Å². The summed E-state index contributed by atoms with van der Waals surface area (Å²) in [6.45, 7) is 2.83. The molecular weight excluding hydrogens is 502 g/mol. The lowest BCUT2D eigenvalue weighted by atomic mass is 10.2. The minimum Gasteiger partial charge on any atom is -0.352 e. The second kappa shape index (κ2) is 11.5. The average molecular weight is 526 g/mol. The third-order valence-corrected chi connectivity index (χ3v) is 7.13. The summed E-state index contributed by atoms with van der Waals surface area (Å²) >= 11 is 9.17. The molecule has 4 aromatic rings. The molecule has 0 aliphatic carbocycles. The number of carbonyl (C=O) groups is 2. The highest BCUT2D eigenvalue weighted by Gasteiger charge is 2.20. The van der Waals surface area contributed by atoms with E-state index in [1.165, 1.54) is 0 Å². The Balaban J connectivity index is 1.48. The quantitative estimate of drug-likeness (QED) is 0.314. The predicted molar refractivity (Wildman–Crippen MR) is 143 cm³/mol. The fraction of sp³-hybridized carbons (Fsp3) is 0.200. The lowest BCUT2D eigenvalue weighted by Gasteiger charge is -2.08. The van der Waals surface area contributed by atoms with E-state index in [0.717, 1.165) is 21.0 Å². The molecule has 0 aliphatic rings. The van der Waals surface area contributed by atoms with Gasteiger partial charge in [-0.25, -0.2) is 4.68 Å². The zero-order valence-electron chi connectivity index (χ0n) is 19.2. The number of thioether (sulfide) groups is 1. The maximum absolute atomic E-state index is 13.0. The Kier molecular flexibility index (Phi) is 8.22. The molecule has 2 aromatic heterocycles. The third kappa shape index (κ3) is 5.93. The molecule has 0 bridgehead atoms. The predicted octanol–water partition coefficient (Wildman–Crippen LogP) is 5.19. The molecule has 10 heteroatoms. The number of nitrogens with zero attached hydrogens (tertiary/aromatic N) is 3. The van der Waals surface area contributed by atoms with Crippen molar-refractivity contribution in [3.05, 3.63) is 87.5 Å². The van der Waals surface area contributed by atoms with Gasteiger partial charge in [0.25, 0.3) is 11.8 Å². The van der Waals surface area contributed by atoms with Gasteiger partial charge in [-0.1, -0.05) is 28.9 Å². The summed E-state index contributed by atoms with van der Waals surface area (Å²) in [6.07, 6.45) is 1.96. The highest BCUT2D eigenvalue weighted by Crippen LogP contribution is 2.29. The van der Waals surface area contributed by atoms with E-state index in [4.69, 9.17) is 11.6 Å². The van der Waals surface area contributed by atoms with Crippen LogP contribution in [0.1, 0.15) is 38.3 Å². The van der Waals surface area contributed by atoms with Gasteiger partial charge in [-0.15, -0.1) is 16.4 Å². The fourth-order valence-corrected chi connectivity index (χ4v) is 5.07. The van der Waals surface area contributed by atoms with Gasteiger partial charge in [0.2, 0.25) is 0 Å². The van der Waals surface area contributed by atoms with Crippen molar-refractivity contribution >= 4 is 46.5 Å². The van der Waals surface area contributed by atoms with Crippen LogP contribution >= 0.6 is 34.7 Å². The van der Waals surface area contributed by atoms with E-state index in [1.807, 2.05) is 49.6 Å². The SMILES string of the molecule is CCNC(=O)c1ccc(-n2nnc(C(=O)NCc3ccc(-c4ccc(Cl)cc4)s3)c2CSC)cc1. The second-order valence-corrected chi connectivity index (χ2v) is 10.1. The summed E-state index contributed by atoms with van der Waals surface area (Å²) in [7, 11) is 0. The first-order valence-corrected chi connectivity index (χ1v) is 13.5. The van der Waals surface area contributed by atoms with Gasteiger partial charge in [-0.05, 0) is 67.3 Å². The van der Waals surface area contributed by atoms with E-state index in [9.17, 15) is 9.59 Å². The largest absolute Gasteiger partial charge is 0.352 e. The van der Waals surface area contributed by atoms with Crippen LogP contribution in [0.4, 0.5) is 0 Å². The molecule has 35 heavy (non-hydrogen) atoms. The Morgan fingerprint density at radius 1 is 1.00 bits per heavy atom. The fourth-order valence-electron chi connectivity index (χ4n) is 3.46. The number of halogens is 1. The number of hydrogen-bond donors (Lipinski definition) is 2. The summed E-state index contributed by atoms with van der Waals surface area (Å²) in [4.78, 5) is 27.2.